The number of aromatic nitrogens is 4. The zero-order valence-electron chi connectivity index (χ0n) is 34.3. The molecule has 0 spiro atoms. The molecule has 4 aromatic heterocycles. The highest BCUT2D eigenvalue weighted by molar-refractivity contribution is 6.05. The number of pyridine rings is 4. The van der Waals surface area contributed by atoms with Crippen LogP contribution in [0.15, 0.2) is 60.9 Å². The lowest BCUT2D eigenvalue weighted by molar-refractivity contribution is -0.193. The lowest BCUT2D eigenvalue weighted by Gasteiger charge is -2.35. The van der Waals surface area contributed by atoms with E-state index in [1.165, 1.54) is 17.0 Å². The zero-order valence-corrected chi connectivity index (χ0v) is 34.3. The fraction of sp³-hybridized carbons (Fsp3) is 0.390. The quantitative estimate of drug-likeness (QED) is 0.135. The Morgan fingerprint density at radius 2 is 1.28 bits per heavy atom. The number of anilines is 6. The molecule has 0 aliphatic carbocycles. The third-order valence-electron chi connectivity index (χ3n) is 9.84. The number of rotatable bonds is 7. The van der Waals surface area contributed by atoms with E-state index >= 15 is 0 Å². The van der Waals surface area contributed by atoms with E-state index in [1.54, 1.807) is 36.7 Å². The summed E-state index contributed by atoms with van der Waals surface area (Å²) >= 11 is 0. The number of nitrogens with one attached hydrogen (secondary N) is 2. The maximum absolute atomic E-state index is 13.1. The monoisotopic (exact) mass is 900 g/mol. The molecular weight excluding hydrogens is 859 g/mol. The molecule has 4 aromatic rings. The van der Waals surface area contributed by atoms with Gasteiger partial charge in [-0.1, -0.05) is 0 Å². The number of urea groups is 1. The molecule has 2 fully saturated rings. The Morgan fingerprint density at radius 1 is 0.750 bits per heavy atom. The molecular formula is C41H42F6N10O7. The van der Waals surface area contributed by atoms with Gasteiger partial charge in [-0.05, 0) is 86.3 Å². The van der Waals surface area contributed by atoms with Crippen LogP contribution in [0.4, 0.5) is 65.8 Å². The van der Waals surface area contributed by atoms with Crippen molar-refractivity contribution in [3.63, 3.8) is 0 Å². The Labute approximate surface area is 361 Å². The van der Waals surface area contributed by atoms with Crippen molar-refractivity contribution >= 4 is 64.5 Å². The number of carbonyl (C=O) groups is 3. The summed E-state index contributed by atoms with van der Waals surface area (Å²) in [6, 6.07) is 13.4. The minimum Gasteiger partial charge on any atom is -0.384 e. The van der Waals surface area contributed by atoms with Crippen LogP contribution in [0, 0.1) is 13.8 Å². The number of nitrogens with two attached hydrogens (primary N) is 1. The van der Waals surface area contributed by atoms with Crippen LogP contribution in [0.1, 0.15) is 70.6 Å². The predicted molar refractivity (Wildman–Crippen MR) is 216 cm³/mol. The Morgan fingerprint density at radius 3 is 1.83 bits per heavy atom. The minimum atomic E-state index is -4.42. The van der Waals surface area contributed by atoms with E-state index in [4.69, 9.17) is 24.9 Å². The van der Waals surface area contributed by atoms with Gasteiger partial charge in [-0.3, -0.25) is 19.8 Å². The van der Waals surface area contributed by atoms with Crippen LogP contribution in [0.25, 0.3) is 0 Å². The number of nitrogens with zero attached hydrogens (tertiary/aromatic N) is 7. The molecule has 4 N–H and O–H groups in total. The van der Waals surface area contributed by atoms with Gasteiger partial charge in [0.1, 0.15) is 23.0 Å². The molecule has 0 radical (unpaired) electrons. The molecule has 8 rings (SSSR count). The second-order valence-electron chi connectivity index (χ2n) is 14.6. The zero-order chi connectivity index (χ0) is 47.2. The molecule has 0 unspecified atom stereocenters. The van der Waals surface area contributed by atoms with Crippen LogP contribution in [0.3, 0.4) is 0 Å². The Bertz CT molecular complexity index is 2330. The van der Waals surface area contributed by atoms with Gasteiger partial charge in [-0.15, -0.1) is 0 Å². The predicted octanol–water partition coefficient (Wildman–Crippen LogP) is 6.36. The number of carbonyl (C=O) groups excluding carboxylic acids is 7. The van der Waals surface area contributed by atoms with Crippen LogP contribution < -0.4 is 31.1 Å². The fourth-order valence-corrected chi connectivity index (χ4v) is 6.99. The summed E-state index contributed by atoms with van der Waals surface area (Å²) in [4.78, 5) is 91.7. The second kappa shape index (κ2) is 22.2. The molecule has 8 heterocycles. The van der Waals surface area contributed by atoms with Crippen molar-refractivity contribution in [3.05, 3.63) is 83.4 Å². The first-order valence-electron chi connectivity index (χ1n) is 19.4. The summed E-state index contributed by atoms with van der Waals surface area (Å²) in [6.45, 7) is 7.07. The number of hydrogen-bond acceptors (Lipinski definition) is 15. The maximum Gasteiger partial charge on any atom is 0.389 e. The highest BCUT2D eigenvalue weighted by Crippen LogP contribution is 2.40. The largest absolute Gasteiger partial charge is 0.389 e. The van der Waals surface area contributed by atoms with Crippen LogP contribution in [-0.4, -0.2) is 100 Å². The van der Waals surface area contributed by atoms with E-state index in [-0.39, 0.29) is 35.6 Å². The van der Waals surface area contributed by atoms with E-state index in [0.29, 0.717) is 35.7 Å². The van der Waals surface area contributed by atoms with E-state index < -0.39 is 55.6 Å². The summed E-state index contributed by atoms with van der Waals surface area (Å²) in [5.74, 6) is 0.594. The molecule has 2 atom stereocenters. The molecule has 340 valence electrons. The smallest absolute Gasteiger partial charge is 0.384 e. The topological polar surface area (TPSA) is 231 Å². The van der Waals surface area contributed by atoms with E-state index in [1.807, 2.05) is 26.0 Å². The molecule has 23 heteroatoms. The summed E-state index contributed by atoms with van der Waals surface area (Å²) < 4.78 is 73.8. The molecule has 0 saturated carbocycles. The normalized spacial score (nSPS) is 16.1. The summed E-state index contributed by atoms with van der Waals surface area (Å²) in [5.41, 5.74) is 9.06. The third kappa shape index (κ3) is 14.4. The van der Waals surface area contributed by atoms with Crippen LogP contribution in [0.2, 0.25) is 0 Å². The molecule has 17 nitrogen and oxygen atoms in total. The number of ketones is 2. The first kappa shape index (κ1) is 49.4. The standard InChI is InChI=1S/C20H20F3N5O2.C13H14F3N3O.C6H8N2.2CO2/c1-12-5-8-24-17(10-12)26-19(30)28-13-6-9-27(11-13)15-3-2-14(25-18(15)28)16(29)4-7-20(21,22)23;14-13(15,16)5-3-11(20)9-1-2-10-12(18-9)17-8-4-6-19(10)7-8;1-5-2-3-8-6(7)4-5;2*2-1-3/h2-3,5,8,10,13H,4,6-7,9,11H2,1H3,(H,24,26,30);1-2,8H,3-7H2,(H,17,18);2-4H,1H3,(H2,7,8);;/t13-;8-;;;/m00.../s1. The molecule has 0 aromatic carbocycles. The van der Waals surface area contributed by atoms with Crippen molar-refractivity contribution in [1.82, 2.24) is 19.9 Å². The van der Waals surface area contributed by atoms with E-state index in [9.17, 15) is 40.7 Å². The van der Waals surface area contributed by atoms with Crippen LogP contribution >= 0.6 is 0 Å². The van der Waals surface area contributed by atoms with Gasteiger partial charge >= 0.3 is 30.7 Å². The van der Waals surface area contributed by atoms with Gasteiger partial charge in [-0.2, -0.15) is 45.5 Å². The average molecular weight is 901 g/mol. The number of fused-ring (bicyclic) bond motifs is 8. The summed E-state index contributed by atoms with van der Waals surface area (Å²) in [7, 11) is 0. The first-order valence-corrected chi connectivity index (χ1v) is 19.4. The highest BCUT2D eigenvalue weighted by atomic mass is 19.4. The third-order valence-corrected chi connectivity index (χ3v) is 9.84. The maximum atomic E-state index is 13.1. The first-order chi connectivity index (χ1) is 30.2. The van der Waals surface area contributed by atoms with Gasteiger partial charge in [0.15, 0.2) is 23.2 Å². The van der Waals surface area contributed by atoms with Crippen LogP contribution in [0.5, 0.6) is 0 Å². The van der Waals surface area contributed by atoms with Gasteiger partial charge in [-0.25, -0.2) is 24.7 Å². The van der Waals surface area contributed by atoms with E-state index in [2.05, 4.69) is 40.4 Å². The lowest BCUT2D eigenvalue weighted by Crippen LogP contribution is -2.48. The van der Waals surface area contributed by atoms with Crippen molar-refractivity contribution in [3.8, 4) is 0 Å². The van der Waals surface area contributed by atoms with Gasteiger partial charge < -0.3 is 20.9 Å². The SMILES string of the molecule is Cc1ccnc(N)c1.Cc1ccnc(NC(=O)N2c3nc(C(=O)CCC(F)(F)F)ccc3N3CC[C@H]2C3)c1.O=C(CCC(F)(F)F)c1ccc2c(n1)N[C@H]1CCN2C1.O=C=O.O=C=O. The number of amides is 2. The average Bonchev–Trinajstić information content (AvgIpc) is 3.83. The molecule has 4 aliphatic rings. The van der Waals surface area contributed by atoms with Gasteiger partial charge in [0.25, 0.3) is 0 Å². The second-order valence-corrected chi connectivity index (χ2v) is 14.6. The number of halogens is 6. The number of aryl methyl sites for hydroxylation is 2. The number of nitrogen functional groups attached to an aromatic ring is 1. The fourth-order valence-electron chi connectivity index (χ4n) is 6.99. The summed E-state index contributed by atoms with van der Waals surface area (Å²) in [6.07, 6.45) is -6.75. The Kier molecular flexibility index (Phi) is 17.1. The van der Waals surface area contributed by atoms with Crippen molar-refractivity contribution < 1.29 is 59.9 Å². The van der Waals surface area contributed by atoms with Gasteiger partial charge in [0.2, 0.25) is 0 Å². The Hall–Kier alpha value is -7.25. The highest BCUT2D eigenvalue weighted by Gasteiger charge is 2.41. The van der Waals surface area contributed by atoms with E-state index in [0.717, 1.165) is 49.3 Å². The van der Waals surface area contributed by atoms with Crippen molar-refractivity contribution in [2.24, 2.45) is 0 Å². The molecule has 4 aliphatic heterocycles. The summed E-state index contributed by atoms with van der Waals surface area (Å²) in [5, 5.41) is 5.98. The van der Waals surface area contributed by atoms with Crippen molar-refractivity contribution in [2.75, 3.05) is 57.2 Å². The van der Waals surface area contributed by atoms with Crippen molar-refractivity contribution in [2.45, 2.75) is 76.8 Å². The number of Topliss-reactive ketones (excluding diaryl/α,β-unsaturated/α-hetero) is 2. The minimum absolute atomic E-state index is 0.0769. The molecule has 4 bridgehead atoms. The lowest BCUT2D eigenvalue weighted by atomic mass is 10.1. The Balaban J connectivity index is 0.000000225. The van der Waals surface area contributed by atoms with Crippen molar-refractivity contribution in [1.29, 1.82) is 0 Å². The molecule has 64 heavy (non-hydrogen) atoms. The van der Waals surface area contributed by atoms with Gasteiger partial charge in [0, 0.05) is 57.5 Å². The number of alkyl halides is 6. The number of hydrogen-bond donors (Lipinski definition) is 3. The van der Waals surface area contributed by atoms with Crippen LogP contribution in [-0.2, 0) is 19.2 Å². The van der Waals surface area contributed by atoms with Gasteiger partial charge in [0.05, 0.1) is 30.3 Å². The molecule has 2 amide bonds. The molecule has 2 saturated heterocycles.